The highest BCUT2D eigenvalue weighted by Gasteiger charge is 2.22. The maximum absolute atomic E-state index is 12.0. The van der Waals surface area contributed by atoms with Crippen LogP contribution in [0.5, 0.6) is 0 Å². The Balaban J connectivity index is 2.07. The first-order valence-corrected chi connectivity index (χ1v) is 5.20. The molecule has 0 unspecified atom stereocenters. The molecule has 2 N–H and O–H groups in total. The summed E-state index contributed by atoms with van der Waals surface area (Å²) in [6.07, 6.45) is 5.34. The number of hydrogen-bond acceptors (Lipinski definition) is 3. The lowest BCUT2D eigenvalue weighted by Gasteiger charge is -2.30. The molecular formula is C10H16N4O. The highest BCUT2D eigenvalue weighted by molar-refractivity contribution is 5.93. The van der Waals surface area contributed by atoms with E-state index in [0.717, 1.165) is 19.4 Å². The van der Waals surface area contributed by atoms with Crippen molar-refractivity contribution in [3.63, 3.8) is 0 Å². The van der Waals surface area contributed by atoms with Gasteiger partial charge in [-0.3, -0.25) is 9.48 Å². The summed E-state index contributed by atoms with van der Waals surface area (Å²) in [6.45, 7) is 1.47. The molecule has 1 aromatic rings. The molecule has 5 heteroatoms. The minimum atomic E-state index is 0.0400. The van der Waals surface area contributed by atoms with Crippen molar-refractivity contribution in [1.82, 2.24) is 14.7 Å². The predicted molar refractivity (Wildman–Crippen MR) is 56.3 cm³/mol. The molecule has 0 saturated carbocycles. The molecule has 1 aromatic heterocycles. The molecular weight excluding hydrogens is 192 g/mol. The van der Waals surface area contributed by atoms with Gasteiger partial charge >= 0.3 is 0 Å². The lowest BCUT2D eigenvalue weighted by molar-refractivity contribution is 0.0708. The Morgan fingerprint density at radius 2 is 2.47 bits per heavy atom. The zero-order chi connectivity index (χ0) is 10.8. The van der Waals surface area contributed by atoms with Gasteiger partial charge in [0.15, 0.2) is 0 Å². The molecule has 1 aliphatic rings. The van der Waals surface area contributed by atoms with Gasteiger partial charge in [-0.25, -0.2) is 0 Å². The molecule has 2 heterocycles. The van der Waals surface area contributed by atoms with Crippen molar-refractivity contribution in [2.75, 3.05) is 13.1 Å². The Hall–Kier alpha value is -1.36. The first-order valence-electron chi connectivity index (χ1n) is 5.20. The van der Waals surface area contributed by atoms with E-state index in [0.29, 0.717) is 12.1 Å². The fourth-order valence-corrected chi connectivity index (χ4v) is 1.91. The van der Waals surface area contributed by atoms with Crippen LogP contribution in [0, 0.1) is 0 Å². The average Bonchev–Trinajstić information content (AvgIpc) is 2.64. The van der Waals surface area contributed by atoms with Crippen LogP contribution in [0.25, 0.3) is 0 Å². The van der Waals surface area contributed by atoms with Crippen LogP contribution in [0.15, 0.2) is 12.4 Å². The fraction of sp³-hybridized carbons (Fsp3) is 0.600. The van der Waals surface area contributed by atoms with E-state index in [4.69, 9.17) is 5.73 Å². The predicted octanol–water partition coefficient (Wildman–Crippen LogP) is -0.0166. The molecule has 5 nitrogen and oxygen atoms in total. The first kappa shape index (κ1) is 10.2. The molecule has 0 spiro atoms. The standard InChI is InChI=1S/C10H16N4O/c1-13-6-8(5-12-13)10(15)14-4-2-3-9(11)7-14/h5-6,9H,2-4,7,11H2,1H3/t9-/m1/s1. The monoisotopic (exact) mass is 208 g/mol. The van der Waals surface area contributed by atoms with Crippen LogP contribution in [0.4, 0.5) is 0 Å². The first-order chi connectivity index (χ1) is 7.16. The second kappa shape index (κ2) is 4.02. The van der Waals surface area contributed by atoms with Crippen LogP contribution >= 0.6 is 0 Å². The van der Waals surface area contributed by atoms with Gasteiger partial charge in [-0.1, -0.05) is 0 Å². The maximum Gasteiger partial charge on any atom is 0.257 e. The van der Waals surface area contributed by atoms with Crippen LogP contribution in [0.2, 0.25) is 0 Å². The van der Waals surface area contributed by atoms with Crippen LogP contribution in [0.1, 0.15) is 23.2 Å². The summed E-state index contributed by atoms with van der Waals surface area (Å²) in [7, 11) is 1.80. The normalized spacial score (nSPS) is 21.7. The van der Waals surface area contributed by atoms with Crippen molar-refractivity contribution in [3.05, 3.63) is 18.0 Å². The number of rotatable bonds is 1. The molecule has 82 valence electrons. The summed E-state index contributed by atoms with van der Waals surface area (Å²) in [5.41, 5.74) is 6.48. The molecule has 1 atom stereocenters. The smallest absolute Gasteiger partial charge is 0.257 e. The Morgan fingerprint density at radius 1 is 1.67 bits per heavy atom. The van der Waals surface area contributed by atoms with E-state index in [9.17, 15) is 4.79 Å². The molecule has 15 heavy (non-hydrogen) atoms. The van der Waals surface area contributed by atoms with Gasteiger partial charge in [-0.05, 0) is 12.8 Å². The van der Waals surface area contributed by atoms with E-state index in [1.165, 1.54) is 0 Å². The average molecular weight is 208 g/mol. The van der Waals surface area contributed by atoms with E-state index >= 15 is 0 Å². The largest absolute Gasteiger partial charge is 0.337 e. The van der Waals surface area contributed by atoms with Gasteiger partial charge in [-0.15, -0.1) is 0 Å². The van der Waals surface area contributed by atoms with Crippen molar-refractivity contribution >= 4 is 5.91 Å². The van der Waals surface area contributed by atoms with E-state index in [2.05, 4.69) is 5.10 Å². The number of nitrogens with two attached hydrogens (primary N) is 1. The van der Waals surface area contributed by atoms with E-state index in [1.807, 2.05) is 4.90 Å². The van der Waals surface area contributed by atoms with Crippen molar-refractivity contribution in [2.24, 2.45) is 12.8 Å². The third kappa shape index (κ3) is 2.18. The number of piperidine rings is 1. The highest BCUT2D eigenvalue weighted by atomic mass is 16.2. The molecule has 1 aliphatic heterocycles. The fourth-order valence-electron chi connectivity index (χ4n) is 1.91. The molecule has 0 bridgehead atoms. The van der Waals surface area contributed by atoms with E-state index in [1.54, 1.807) is 24.1 Å². The Kier molecular flexibility index (Phi) is 2.73. The van der Waals surface area contributed by atoms with Gasteiger partial charge in [0.05, 0.1) is 11.8 Å². The minimum Gasteiger partial charge on any atom is -0.337 e. The van der Waals surface area contributed by atoms with Gasteiger partial charge in [0.1, 0.15) is 0 Å². The number of hydrogen-bond donors (Lipinski definition) is 1. The summed E-state index contributed by atoms with van der Waals surface area (Å²) < 4.78 is 1.64. The van der Waals surface area contributed by atoms with Crippen LogP contribution < -0.4 is 5.73 Å². The Morgan fingerprint density at radius 3 is 3.07 bits per heavy atom. The highest BCUT2D eigenvalue weighted by Crippen LogP contribution is 2.11. The molecule has 0 aliphatic carbocycles. The van der Waals surface area contributed by atoms with Crippen LogP contribution in [-0.4, -0.2) is 39.7 Å². The van der Waals surface area contributed by atoms with Gasteiger partial charge in [0, 0.05) is 32.4 Å². The number of amides is 1. The van der Waals surface area contributed by atoms with Gasteiger partial charge in [-0.2, -0.15) is 5.10 Å². The summed E-state index contributed by atoms with van der Waals surface area (Å²) in [5.74, 6) is 0.0400. The number of nitrogens with zero attached hydrogens (tertiary/aromatic N) is 3. The topological polar surface area (TPSA) is 64.2 Å². The summed E-state index contributed by atoms with van der Waals surface area (Å²) in [6, 6.07) is 0.124. The molecule has 2 rings (SSSR count). The second-order valence-electron chi connectivity index (χ2n) is 4.06. The van der Waals surface area contributed by atoms with Crippen molar-refractivity contribution in [2.45, 2.75) is 18.9 Å². The molecule has 0 radical (unpaired) electrons. The zero-order valence-electron chi connectivity index (χ0n) is 8.89. The molecule has 1 fully saturated rings. The van der Waals surface area contributed by atoms with E-state index < -0.39 is 0 Å². The Labute approximate surface area is 88.8 Å². The van der Waals surface area contributed by atoms with Crippen molar-refractivity contribution < 1.29 is 4.79 Å². The van der Waals surface area contributed by atoms with Crippen molar-refractivity contribution in [3.8, 4) is 0 Å². The number of aryl methyl sites for hydroxylation is 1. The number of likely N-dealkylation sites (tertiary alicyclic amines) is 1. The quantitative estimate of drug-likeness (QED) is 0.705. The van der Waals surface area contributed by atoms with Crippen LogP contribution in [-0.2, 0) is 7.05 Å². The number of carbonyl (C=O) groups excluding carboxylic acids is 1. The summed E-state index contributed by atoms with van der Waals surface area (Å²) in [4.78, 5) is 13.8. The van der Waals surface area contributed by atoms with Crippen LogP contribution in [0.3, 0.4) is 0 Å². The summed E-state index contributed by atoms with van der Waals surface area (Å²) >= 11 is 0. The van der Waals surface area contributed by atoms with Crippen molar-refractivity contribution in [1.29, 1.82) is 0 Å². The third-order valence-corrected chi connectivity index (χ3v) is 2.70. The Bertz CT molecular complexity index is 360. The van der Waals surface area contributed by atoms with E-state index in [-0.39, 0.29) is 11.9 Å². The van der Waals surface area contributed by atoms with Gasteiger partial charge < -0.3 is 10.6 Å². The number of aromatic nitrogens is 2. The maximum atomic E-state index is 12.0. The lowest BCUT2D eigenvalue weighted by Crippen LogP contribution is -2.45. The molecule has 1 amide bonds. The van der Waals surface area contributed by atoms with Gasteiger partial charge in [0.2, 0.25) is 0 Å². The lowest BCUT2D eigenvalue weighted by atomic mass is 10.1. The van der Waals surface area contributed by atoms with Gasteiger partial charge in [0.25, 0.3) is 5.91 Å². The molecule has 1 saturated heterocycles. The SMILES string of the molecule is Cn1cc(C(=O)N2CCC[C@@H](N)C2)cn1. The number of carbonyl (C=O) groups is 1. The zero-order valence-corrected chi connectivity index (χ0v) is 8.89. The third-order valence-electron chi connectivity index (χ3n) is 2.70. The summed E-state index contributed by atoms with van der Waals surface area (Å²) in [5, 5.41) is 3.99. The molecule has 0 aromatic carbocycles. The minimum absolute atomic E-state index is 0.0400. The second-order valence-corrected chi connectivity index (χ2v) is 4.06.